The summed E-state index contributed by atoms with van der Waals surface area (Å²) in [7, 11) is 0. The predicted molar refractivity (Wildman–Crippen MR) is 82.5 cm³/mol. The van der Waals surface area contributed by atoms with Crippen LogP contribution in [0.1, 0.15) is 44.2 Å². The van der Waals surface area contributed by atoms with E-state index in [1.807, 2.05) is 25.1 Å². The smallest absolute Gasteiger partial charge is 0.315 e. The molecule has 2 amide bonds. The lowest BCUT2D eigenvalue weighted by Crippen LogP contribution is -2.37. The van der Waals surface area contributed by atoms with Crippen LogP contribution in [-0.4, -0.2) is 23.7 Å². The summed E-state index contributed by atoms with van der Waals surface area (Å²) in [5.41, 5.74) is 0.944. The zero-order valence-electron chi connectivity index (χ0n) is 12.1. The molecule has 1 rings (SSSR count). The number of nitrogens with one attached hydrogen (secondary N) is 2. The van der Waals surface area contributed by atoms with E-state index in [1.165, 1.54) is 0 Å². The largest absolute Gasteiger partial charge is 0.481 e. The fourth-order valence-corrected chi connectivity index (χ4v) is 2.09. The minimum absolute atomic E-state index is 0.129. The van der Waals surface area contributed by atoms with Crippen molar-refractivity contribution in [2.75, 3.05) is 6.54 Å². The summed E-state index contributed by atoms with van der Waals surface area (Å²) in [5.74, 6) is -0.781. The molecule has 0 aliphatic carbocycles. The van der Waals surface area contributed by atoms with Gasteiger partial charge in [0.15, 0.2) is 0 Å². The van der Waals surface area contributed by atoms with Crippen molar-refractivity contribution in [2.24, 2.45) is 0 Å². The number of rotatable bonds is 8. The van der Waals surface area contributed by atoms with E-state index in [-0.39, 0.29) is 18.5 Å². The number of carboxylic acids is 1. The first-order chi connectivity index (χ1) is 9.99. The van der Waals surface area contributed by atoms with Gasteiger partial charge in [0.2, 0.25) is 0 Å². The van der Waals surface area contributed by atoms with Gasteiger partial charge in [0, 0.05) is 18.0 Å². The highest BCUT2D eigenvalue weighted by Crippen LogP contribution is 2.17. The van der Waals surface area contributed by atoms with Crippen molar-refractivity contribution < 1.29 is 14.7 Å². The molecular formula is C15H21ClN2O3. The van der Waals surface area contributed by atoms with Gasteiger partial charge < -0.3 is 15.7 Å². The number of carboxylic acid groups (broad SMARTS) is 1. The average molecular weight is 313 g/mol. The summed E-state index contributed by atoms with van der Waals surface area (Å²) in [4.78, 5) is 22.0. The summed E-state index contributed by atoms with van der Waals surface area (Å²) in [6.45, 7) is 2.42. The van der Waals surface area contributed by atoms with Crippen molar-refractivity contribution in [1.29, 1.82) is 0 Å². The van der Waals surface area contributed by atoms with Gasteiger partial charge in [-0.2, -0.15) is 0 Å². The molecular weight excluding hydrogens is 292 g/mol. The Kier molecular flexibility index (Phi) is 7.61. The molecule has 0 fully saturated rings. The van der Waals surface area contributed by atoms with Gasteiger partial charge in [-0.25, -0.2) is 4.79 Å². The predicted octanol–water partition coefficient (Wildman–Crippen LogP) is 3.35. The molecule has 0 aromatic heterocycles. The first-order valence-corrected chi connectivity index (χ1v) is 7.38. The highest BCUT2D eigenvalue weighted by Gasteiger charge is 2.09. The summed E-state index contributed by atoms with van der Waals surface area (Å²) in [5, 5.41) is 14.7. The molecule has 0 aliphatic heterocycles. The van der Waals surface area contributed by atoms with E-state index in [2.05, 4.69) is 10.6 Å². The molecule has 3 N–H and O–H groups in total. The molecule has 0 spiro atoms. The number of carbonyl (C=O) groups is 2. The number of unbranched alkanes of at least 4 members (excludes halogenated alkanes) is 2. The second kappa shape index (κ2) is 9.23. The summed E-state index contributed by atoms with van der Waals surface area (Å²) in [6, 6.07) is 6.99. The van der Waals surface area contributed by atoms with Gasteiger partial charge in [-0.05, 0) is 37.5 Å². The Bertz CT molecular complexity index is 480. The molecule has 1 aromatic carbocycles. The minimum Gasteiger partial charge on any atom is -0.481 e. The van der Waals surface area contributed by atoms with Crippen molar-refractivity contribution >= 4 is 23.6 Å². The van der Waals surface area contributed by atoms with Crippen LogP contribution in [0.4, 0.5) is 4.79 Å². The summed E-state index contributed by atoms with van der Waals surface area (Å²) < 4.78 is 0. The maximum atomic E-state index is 11.7. The Morgan fingerprint density at radius 1 is 1.29 bits per heavy atom. The van der Waals surface area contributed by atoms with Crippen LogP contribution in [0.25, 0.3) is 0 Å². The monoisotopic (exact) mass is 312 g/mol. The number of hydrogen-bond acceptors (Lipinski definition) is 2. The van der Waals surface area contributed by atoms with E-state index >= 15 is 0 Å². The Hall–Kier alpha value is -1.75. The van der Waals surface area contributed by atoms with Crippen LogP contribution in [0.2, 0.25) is 5.02 Å². The molecule has 1 atom stereocenters. The van der Waals surface area contributed by atoms with Gasteiger partial charge in [0.05, 0.1) is 6.04 Å². The second-order valence-electron chi connectivity index (χ2n) is 4.88. The van der Waals surface area contributed by atoms with Gasteiger partial charge in [-0.1, -0.05) is 30.2 Å². The zero-order valence-corrected chi connectivity index (χ0v) is 12.8. The maximum absolute atomic E-state index is 11.7. The third-order valence-corrected chi connectivity index (χ3v) is 3.28. The van der Waals surface area contributed by atoms with E-state index in [9.17, 15) is 9.59 Å². The second-order valence-corrected chi connectivity index (χ2v) is 5.32. The van der Waals surface area contributed by atoms with Crippen molar-refractivity contribution in [3.63, 3.8) is 0 Å². The van der Waals surface area contributed by atoms with Crippen LogP contribution < -0.4 is 10.6 Å². The van der Waals surface area contributed by atoms with Crippen molar-refractivity contribution in [3.05, 3.63) is 34.9 Å². The Labute approximate surface area is 129 Å². The van der Waals surface area contributed by atoms with Crippen molar-refractivity contribution in [2.45, 2.75) is 38.6 Å². The van der Waals surface area contributed by atoms with Gasteiger partial charge in [-0.3, -0.25) is 4.79 Å². The van der Waals surface area contributed by atoms with Crippen LogP contribution in [0.15, 0.2) is 24.3 Å². The highest BCUT2D eigenvalue weighted by atomic mass is 35.5. The van der Waals surface area contributed by atoms with Crippen LogP contribution in [0.3, 0.4) is 0 Å². The van der Waals surface area contributed by atoms with E-state index in [0.29, 0.717) is 18.0 Å². The number of carbonyl (C=O) groups excluding carboxylic acids is 1. The fraction of sp³-hybridized carbons (Fsp3) is 0.467. The third kappa shape index (κ3) is 7.56. The number of amides is 2. The van der Waals surface area contributed by atoms with Crippen LogP contribution in [-0.2, 0) is 4.79 Å². The van der Waals surface area contributed by atoms with Gasteiger partial charge in [0.1, 0.15) is 0 Å². The maximum Gasteiger partial charge on any atom is 0.315 e. The van der Waals surface area contributed by atoms with Gasteiger partial charge in [-0.15, -0.1) is 0 Å². The molecule has 116 valence electrons. The lowest BCUT2D eigenvalue weighted by Gasteiger charge is -2.15. The molecule has 0 saturated carbocycles. The Morgan fingerprint density at radius 3 is 2.71 bits per heavy atom. The van der Waals surface area contributed by atoms with E-state index in [0.717, 1.165) is 18.4 Å². The minimum atomic E-state index is -0.781. The molecule has 5 nitrogen and oxygen atoms in total. The fourth-order valence-electron chi connectivity index (χ4n) is 1.89. The number of aliphatic carboxylic acids is 1. The number of benzene rings is 1. The van der Waals surface area contributed by atoms with Gasteiger partial charge in [0.25, 0.3) is 0 Å². The van der Waals surface area contributed by atoms with Crippen LogP contribution >= 0.6 is 11.6 Å². The highest BCUT2D eigenvalue weighted by molar-refractivity contribution is 6.30. The first kappa shape index (κ1) is 17.3. The molecule has 1 unspecified atom stereocenters. The molecule has 0 saturated heterocycles. The average Bonchev–Trinajstić information content (AvgIpc) is 2.42. The number of hydrogen-bond donors (Lipinski definition) is 3. The van der Waals surface area contributed by atoms with E-state index < -0.39 is 5.97 Å². The molecule has 0 aliphatic rings. The van der Waals surface area contributed by atoms with Crippen molar-refractivity contribution in [3.8, 4) is 0 Å². The van der Waals surface area contributed by atoms with Crippen LogP contribution in [0.5, 0.6) is 0 Å². The molecule has 6 heteroatoms. The van der Waals surface area contributed by atoms with E-state index in [1.54, 1.807) is 6.07 Å². The Morgan fingerprint density at radius 2 is 2.05 bits per heavy atom. The molecule has 0 radical (unpaired) electrons. The molecule has 21 heavy (non-hydrogen) atoms. The quantitative estimate of drug-likeness (QED) is 0.644. The number of halogens is 1. The lowest BCUT2D eigenvalue weighted by molar-refractivity contribution is -0.137. The zero-order chi connectivity index (χ0) is 15.7. The van der Waals surface area contributed by atoms with Gasteiger partial charge >= 0.3 is 12.0 Å². The molecule has 0 bridgehead atoms. The molecule has 0 heterocycles. The van der Waals surface area contributed by atoms with Crippen LogP contribution in [0, 0.1) is 0 Å². The molecule has 1 aromatic rings. The van der Waals surface area contributed by atoms with E-state index in [4.69, 9.17) is 16.7 Å². The number of urea groups is 1. The third-order valence-electron chi connectivity index (χ3n) is 3.05. The SMILES string of the molecule is CC(NC(=O)NCCCCCC(=O)O)c1cccc(Cl)c1. The summed E-state index contributed by atoms with van der Waals surface area (Å²) >= 11 is 5.91. The van der Waals surface area contributed by atoms with Crippen molar-refractivity contribution in [1.82, 2.24) is 10.6 Å². The first-order valence-electron chi connectivity index (χ1n) is 7.00. The normalized spacial score (nSPS) is 11.7. The lowest BCUT2D eigenvalue weighted by atomic mass is 10.1. The Balaban J connectivity index is 2.20. The summed E-state index contributed by atoms with van der Waals surface area (Å²) in [6.07, 6.45) is 2.37. The topological polar surface area (TPSA) is 78.4 Å². The standard InChI is InChI=1S/C15H21ClN2O3/c1-11(12-6-5-7-13(16)10-12)18-15(21)17-9-4-2-3-8-14(19)20/h5-7,10-11H,2-4,8-9H2,1H3,(H,19,20)(H2,17,18,21).